The maximum atomic E-state index is 11.9. The van der Waals surface area contributed by atoms with Crippen LogP contribution in [0.2, 0.25) is 0 Å². The normalized spacial score (nSPS) is 17.4. The van der Waals surface area contributed by atoms with Crippen molar-refractivity contribution in [3.05, 3.63) is 59.9 Å². The highest BCUT2D eigenvalue weighted by Gasteiger charge is 2.26. The Morgan fingerprint density at radius 1 is 1.24 bits per heavy atom. The van der Waals surface area contributed by atoms with Gasteiger partial charge >= 0.3 is 0 Å². The van der Waals surface area contributed by atoms with Crippen LogP contribution in [0.3, 0.4) is 0 Å². The fraction of sp³-hybridized carbons (Fsp3) is 0.348. The van der Waals surface area contributed by atoms with Gasteiger partial charge in [-0.3, -0.25) is 9.78 Å². The molecule has 2 aliphatic rings. The van der Waals surface area contributed by atoms with Crippen LogP contribution in [0.5, 0.6) is 0 Å². The minimum Gasteiger partial charge on any atom is -0.388 e. The fourth-order valence-electron chi connectivity index (χ4n) is 3.50. The van der Waals surface area contributed by atoms with Gasteiger partial charge in [-0.1, -0.05) is 18.2 Å². The molecule has 6 nitrogen and oxygen atoms in total. The molecule has 1 aliphatic heterocycles. The minimum atomic E-state index is 0.0660. The summed E-state index contributed by atoms with van der Waals surface area (Å²) >= 11 is 0. The van der Waals surface area contributed by atoms with Gasteiger partial charge in [-0.05, 0) is 43.0 Å². The summed E-state index contributed by atoms with van der Waals surface area (Å²) in [5.41, 5.74) is 11.2. The molecule has 0 radical (unpaired) electrons. The number of carbonyl (C=O) groups excluding carboxylic acids is 1. The van der Waals surface area contributed by atoms with Crippen LogP contribution in [0.15, 0.2) is 64.9 Å². The molecular weight excluding hydrogens is 362 g/mol. The van der Waals surface area contributed by atoms with Crippen LogP contribution in [-0.2, 0) is 4.79 Å². The predicted molar refractivity (Wildman–Crippen MR) is 116 cm³/mol. The van der Waals surface area contributed by atoms with Crippen molar-refractivity contribution in [1.29, 1.82) is 0 Å². The Balaban J connectivity index is 1.56. The third kappa shape index (κ3) is 4.83. The monoisotopic (exact) mass is 389 g/mol. The first kappa shape index (κ1) is 19.2. The van der Waals surface area contributed by atoms with E-state index in [0.29, 0.717) is 12.4 Å². The molecular formula is C23H27N5O. The summed E-state index contributed by atoms with van der Waals surface area (Å²) < 4.78 is 0. The Hall–Kier alpha value is -3.15. The Morgan fingerprint density at radius 3 is 2.69 bits per heavy atom. The lowest BCUT2D eigenvalue weighted by molar-refractivity contribution is -0.128. The van der Waals surface area contributed by atoms with E-state index in [1.165, 1.54) is 12.8 Å². The zero-order chi connectivity index (χ0) is 20.2. The van der Waals surface area contributed by atoms with Crippen LogP contribution < -0.4 is 11.1 Å². The van der Waals surface area contributed by atoms with Crippen molar-refractivity contribution in [2.45, 2.75) is 26.2 Å². The molecule has 1 aromatic heterocycles. The number of nitrogens with one attached hydrogen (secondary N) is 1. The van der Waals surface area contributed by atoms with Crippen molar-refractivity contribution in [2.24, 2.45) is 16.6 Å². The summed E-state index contributed by atoms with van der Waals surface area (Å²) in [5.74, 6) is 1.31. The van der Waals surface area contributed by atoms with Crippen LogP contribution in [0.25, 0.3) is 11.3 Å². The van der Waals surface area contributed by atoms with Crippen LogP contribution in [-0.4, -0.2) is 41.3 Å². The van der Waals surface area contributed by atoms with E-state index < -0.39 is 0 Å². The number of benzene rings is 1. The van der Waals surface area contributed by atoms with Gasteiger partial charge in [0.05, 0.1) is 17.9 Å². The Morgan fingerprint density at radius 2 is 2.03 bits per heavy atom. The number of carbonyl (C=O) groups is 1. The van der Waals surface area contributed by atoms with Gasteiger partial charge in [0, 0.05) is 49.5 Å². The molecule has 3 N–H and O–H groups in total. The highest BCUT2D eigenvalue weighted by Crippen LogP contribution is 2.29. The van der Waals surface area contributed by atoms with Crippen LogP contribution >= 0.6 is 0 Å². The van der Waals surface area contributed by atoms with Crippen molar-refractivity contribution in [1.82, 2.24) is 15.2 Å². The number of hydrogen-bond donors (Lipinski definition) is 2. The lowest BCUT2D eigenvalue weighted by atomic mass is 10.0. The van der Waals surface area contributed by atoms with E-state index in [1.807, 2.05) is 47.4 Å². The zero-order valence-corrected chi connectivity index (χ0v) is 16.8. The predicted octanol–water partition coefficient (Wildman–Crippen LogP) is 3.24. The summed E-state index contributed by atoms with van der Waals surface area (Å²) in [6, 6.07) is 13.7. The van der Waals surface area contributed by atoms with Crippen molar-refractivity contribution in [2.75, 3.05) is 19.6 Å². The molecule has 6 heteroatoms. The summed E-state index contributed by atoms with van der Waals surface area (Å²) in [7, 11) is 0. The maximum absolute atomic E-state index is 11.9. The fourth-order valence-corrected chi connectivity index (χ4v) is 3.50. The average Bonchev–Trinajstić information content (AvgIpc) is 3.58. The second kappa shape index (κ2) is 8.47. The second-order valence-electron chi connectivity index (χ2n) is 7.73. The first-order valence-corrected chi connectivity index (χ1v) is 10.2. The van der Waals surface area contributed by atoms with E-state index >= 15 is 0 Å². The number of hydrogen-bond acceptors (Lipinski definition) is 4. The van der Waals surface area contributed by atoms with Crippen LogP contribution in [0.1, 0.15) is 26.2 Å². The first-order valence-electron chi connectivity index (χ1n) is 10.2. The van der Waals surface area contributed by atoms with Gasteiger partial charge in [0.25, 0.3) is 0 Å². The number of aromatic nitrogens is 1. The molecule has 2 aromatic rings. The number of pyridine rings is 1. The van der Waals surface area contributed by atoms with Gasteiger partial charge < -0.3 is 16.0 Å². The molecule has 0 bridgehead atoms. The number of amides is 1. The highest BCUT2D eigenvalue weighted by atomic mass is 16.2. The molecule has 1 fully saturated rings. The Bertz CT molecular complexity index is 930. The van der Waals surface area contributed by atoms with Gasteiger partial charge in [-0.2, -0.15) is 0 Å². The topological polar surface area (TPSA) is 83.6 Å². The molecule has 1 aliphatic carbocycles. The van der Waals surface area contributed by atoms with E-state index in [1.54, 1.807) is 13.1 Å². The van der Waals surface area contributed by atoms with Crippen molar-refractivity contribution in [3.8, 4) is 11.3 Å². The largest absolute Gasteiger partial charge is 0.388 e. The van der Waals surface area contributed by atoms with E-state index in [0.717, 1.165) is 53.6 Å². The van der Waals surface area contributed by atoms with E-state index in [-0.39, 0.29) is 5.91 Å². The van der Waals surface area contributed by atoms with Crippen molar-refractivity contribution in [3.63, 3.8) is 0 Å². The lowest BCUT2D eigenvalue weighted by Gasteiger charge is -2.30. The molecule has 1 aromatic carbocycles. The summed E-state index contributed by atoms with van der Waals surface area (Å²) in [4.78, 5) is 22.7. The van der Waals surface area contributed by atoms with Gasteiger partial charge in [0.1, 0.15) is 5.84 Å². The quantitative estimate of drug-likeness (QED) is 0.587. The second-order valence-corrected chi connectivity index (χ2v) is 7.73. The standard InChI is InChI=1S/C23H27N5O/c1-16(29)28-13-11-22(26-14-17-5-6-17)20(15-28)23(24)27-19-9-7-18(8-10-19)21-4-2-3-12-25-21/h2-4,7-10,12,17,26H,5-6,11,13-15H2,1H3,(H2,24,27). The number of rotatable bonds is 6. The van der Waals surface area contributed by atoms with Crippen molar-refractivity contribution >= 4 is 17.4 Å². The molecule has 4 rings (SSSR count). The maximum Gasteiger partial charge on any atom is 0.219 e. The smallest absolute Gasteiger partial charge is 0.219 e. The van der Waals surface area contributed by atoms with E-state index in [2.05, 4.69) is 15.3 Å². The Labute approximate surface area is 171 Å². The third-order valence-electron chi connectivity index (χ3n) is 5.48. The van der Waals surface area contributed by atoms with Gasteiger partial charge in [0.15, 0.2) is 0 Å². The highest BCUT2D eigenvalue weighted by molar-refractivity contribution is 6.00. The molecule has 29 heavy (non-hydrogen) atoms. The zero-order valence-electron chi connectivity index (χ0n) is 16.8. The molecule has 150 valence electrons. The molecule has 0 unspecified atom stereocenters. The third-order valence-corrected chi connectivity index (χ3v) is 5.48. The SMILES string of the molecule is CC(=O)N1CCC(NCC2CC2)=C(C(N)=Nc2ccc(-c3ccccn3)cc2)C1. The van der Waals surface area contributed by atoms with Gasteiger partial charge in [-0.25, -0.2) is 4.99 Å². The van der Waals surface area contributed by atoms with E-state index in [9.17, 15) is 4.79 Å². The number of nitrogens with zero attached hydrogens (tertiary/aromatic N) is 3. The lowest BCUT2D eigenvalue weighted by Crippen LogP contribution is -2.41. The van der Waals surface area contributed by atoms with Crippen LogP contribution in [0, 0.1) is 5.92 Å². The molecule has 0 saturated heterocycles. The molecule has 0 atom stereocenters. The van der Waals surface area contributed by atoms with Gasteiger partial charge in [0.2, 0.25) is 5.91 Å². The van der Waals surface area contributed by atoms with E-state index in [4.69, 9.17) is 5.73 Å². The minimum absolute atomic E-state index is 0.0660. The number of aliphatic imine (C=N–C) groups is 1. The number of amidine groups is 1. The molecule has 1 amide bonds. The van der Waals surface area contributed by atoms with Crippen molar-refractivity contribution < 1.29 is 4.79 Å². The molecule has 1 saturated carbocycles. The summed E-state index contributed by atoms with van der Waals surface area (Å²) in [5, 5.41) is 3.56. The Kier molecular flexibility index (Phi) is 5.60. The van der Waals surface area contributed by atoms with Crippen LogP contribution in [0.4, 0.5) is 5.69 Å². The molecule has 2 heterocycles. The first-order chi connectivity index (χ1) is 14.1. The summed E-state index contributed by atoms with van der Waals surface area (Å²) in [6.45, 7) is 3.80. The summed E-state index contributed by atoms with van der Waals surface area (Å²) in [6.07, 6.45) is 5.16. The average molecular weight is 390 g/mol. The van der Waals surface area contributed by atoms with Gasteiger partial charge in [-0.15, -0.1) is 0 Å². The molecule has 0 spiro atoms. The number of nitrogens with two attached hydrogens (primary N) is 1.